The summed E-state index contributed by atoms with van der Waals surface area (Å²) in [4.78, 5) is 63.5. The Bertz CT molecular complexity index is 2540. The Kier molecular flexibility index (Phi) is 10.2. The minimum absolute atomic E-state index is 0.224. The van der Waals surface area contributed by atoms with Crippen LogP contribution in [-0.4, -0.2) is 86.4 Å². The monoisotopic (exact) mass is 798 g/mol. The number of pyridine rings is 1. The summed E-state index contributed by atoms with van der Waals surface area (Å²) < 4.78 is 11.0. The molecule has 0 bridgehead atoms. The number of imide groups is 1. The zero-order valence-electron chi connectivity index (χ0n) is 33.7. The van der Waals surface area contributed by atoms with Crippen molar-refractivity contribution in [1.29, 1.82) is 0 Å². The largest absolute Gasteiger partial charge is 0.494 e. The highest BCUT2D eigenvalue weighted by atomic mass is 16.5. The van der Waals surface area contributed by atoms with Crippen molar-refractivity contribution in [3.8, 4) is 5.75 Å². The second-order valence-electron chi connectivity index (χ2n) is 17.0. The first-order valence-corrected chi connectivity index (χ1v) is 20.8. The van der Waals surface area contributed by atoms with Crippen molar-refractivity contribution in [1.82, 2.24) is 34.1 Å². The molecule has 3 saturated heterocycles. The van der Waals surface area contributed by atoms with Crippen molar-refractivity contribution in [2.75, 3.05) is 50.1 Å². The van der Waals surface area contributed by atoms with Crippen LogP contribution >= 0.6 is 0 Å². The molecule has 1 aliphatic carbocycles. The third-order valence-electron chi connectivity index (χ3n) is 13.6. The lowest BCUT2D eigenvalue weighted by Crippen LogP contribution is -2.48. The molecule has 1 spiro atoms. The molecule has 0 radical (unpaired) electrons. The van der Waals surface area contributed by atoms with Crippen molar-refractivity contribution >= 4 is 56.7 Å². The number of rotatable bonds is 8. The molecule has 1 unspecified atom stereocenters. The third-order valence-corrected chi connectivity index (χ3v) is 13.6. The standard InChI is InChI=1S/C44H50N10O5/c1-45-31-21-29(24-46-25-31)41(56)47-34-22-30-27-53(49-33(30)23-38(34)59-3)32-9-7-28(8-10-32)26-51-17-13-44(14-18-51)15-19-52(20-16-44)35-5-4-6-36-40(35)50(2)43(58)54(36)37-11-12-39(55)48-42(37)57/h4-6,21-25,27-28,32,37H,7-20,26H2,2-3H3,(H,47,56)(H,48,55,57). The van der Waals surface area contributed by atoms with Crippen LogP contribution in [0.15, 0.2) is 59.8 Å². The smallest absolute Gasteiger partial charge is 0.329 e. The van der Waals surface area contributed by atoms with Crippen molar-refractivity contribution in [2.45, 2.75) is 76.3 Å². The Hall–Kier alpha value is -6.01. The topological polar surface area (TPSA) is 153 Å². The van der Waals surface area contributed by atoms with E-state index in [1.807, 2.05) is 24.3 Å². The maximum Gasteiger partial charge on any atom is 0.329 e. The van der Waals surface area contributed by atoms with Crippen LogP contribution in [0.5, 0.6) is 5.75 Å². The summed E-state index contributed by atoms with van der Waals surface area (Å²) in [7, 11) is 3.35. The molecule has 5 aromatic rings. The number of piperidine rings is 3. The summed E-state index contributed by atoms with van der Waals surface area (Å²) in [5, 5.41) is 11.2. The summed E-state index contributed by atoms with van der Waals surface area (Å²) in [5.41, 5.74) is 4.70. The lowest BCUT2D eigenvalue weighted by atomic mass is 9.71. The van der Waals surface area contributed by atoms with Gasteiger partial charge in [-0.25, -0.2) is 9.64 Å². The fraction of sp³-hybridized carbons (Fsp3) is 0.477. The molecule has 1 saturated carbocycles. The van der Waals surface area contributed by atoms with Crippen LogP contribution in [0.25, 0.3) is 26.8 Å². The molecule has 3 aliphatic heterocycles. The van der Waals surface area contributed by atoms with E-state index in [1.54, 1.807) is 23.3 Å². The fourth-order valence-electron chi connectivity index (χ4n) is 10.1. The van der Waals surface area contributed by atoms with Crippen LogP contribution in [0.2, 0.25) is 0 Å². The normalized spacial score (nSPS) is 22.4. The number of carbonyl (C=O) groups excluding carboxylic acids is 3. The van der Waals surface area contributed by atoms with Gasteiger partial charge in [-0.2, -0.15) is 5.10 Å². The van der Waals surface area contributed by atoms with Gasteiger partial charge in [-0.05, 0) is 106 Å². The van der Waals surface area contributed by atoms with Gasteiger partial charge in [0.1, 0.15) is 11.8 Å². The molecule has 15 nitrogen and oxygen atoms in total. The molecule has 3 aromatic heterocycles. The second-order valence-corrected chi connectivity index (χ2v) is 17.0. The number of fused-ring (bicyclic) bond motifs is 2. The highest BCUT2D eigenvalue weighted by Crippen LogP contribution is 2.44. The predicted octanol–water partition coefficient (Wildman–Crippen LogP) is 5.99. The predicted molar refractivity (Wildman–Crippen MR) is 224 cm³/mol. The van der Waals surface area contributed by atoms with E-state index in [4.69, 9.17) is 16.4 Å². The van der Waals surface area contributed by atoms with Gasteiger partial charge in [-0.3, -0.25) is 38.5 Å². The van der Waals surface area contributed by atoms with E-state index in [0.29, 0.717) is 46.5 Å². The molecule has 15 heteroatoms. The number of amides is 3. The molecule has 306 valence electrons. The number of anilines is 2. The summed E-state index contributed by atoms with van der Waals surface area (Å²) in [5.74, 6) is 0.132. The van der Waals surface area contributed by atoms with Gasteiger partial charge in [0.15, 0.2) is 0 Å². The van der Waals surface area contributed by atoms with Crippen LogP contribution in [0.4, 0.5) is 17.1 Å². The number of nitrogens with one attached hydrogen (secondary N) is 2. The molecule has 2 N–H and O–H groups in total. The van der Waals surface area contributed by atoms with Crippen molar-refractivity contribution in [3.05, 3.63) is 82.5 Å². The molecule has 9 rings (SSSR count). The van der Waals surface area contributed by atoms with Crippen LogP contribution in [0.3, 0.4) is 0 Å². The third kappa shape index (κ3) is 7.35. The minimum Gasteiger partial charge on any atom is -0.494 e. The number of aromatic nitrogens is 5. The lowest BCUT2D eigenvalue weighted by molar-refractivity contribution is -0.135. The van der Waals surface area contributed by atoms with Gasteiger partial charge in [0.2, 0.25) is 17.5 Å². The Morgan fingerprint density at radius 2 is 1.76 bits per heavy atom. The molecule has 59 heavy (non-hydrogen) atoms. The molecular weight excluding hydrogens is 749 g/mol. The van der Waals surface area contributed by atoms with E-state index in [9.17, 15) is 19.2 Å². The molecule has 4 fully saturated rings. The first kappa shape index (κ1) is 38.5. The van der Waals surface area contributed by atoms with Crippen LogP contribution in [0.1, 0.15) is 86.6 Å². The van der Waals surface area contributed by atoms with Gasteiger partial charge in [0.05, 0.1) is 47.6 Å². The number of imidazole rings is 1. The summed E-state index contributed by atoms with van der Waals surface area (Å²) in [6.07, 6.45) is 14.6. The number of hydrogen-bond acceptors (Lipinski definition) is 9. The number of nitrogens with zero attached hydrogens (tertiary/aromatic N) is 8. The Balaban J connectivity index is 0.777. The van der Waals surface area contributed by atoms with Gasteiger partial charge in [-0.1, -0.05) is 6.07 Å². The van der Waals surface area contributed by atoms with E-state index in [2.05, 4.69) is 47.2 Å². The number of likely N-dealkylation sites (tertiary alicyclic amines) is 1. The number of methoxy groups -OCH3 is 1. The Morgan fingerprint density at radius 1 is 1.00 bits per heavy atom. The lowest BCUT2D eigenvalue weighted by Gasteiger charge is -2.48. The van der Waals surface area contributed by atoms with E-state index in [1.165, 1.54) is 44.1 Å². The number of ether oxygens (including phenoxy) is 1. The van der Waals surface area contributed by atoms with E-state index >= 15 is 0 Å². The first-order chi connectivity index (χ1) is 28.6. The minimum atomic E-state index is -0.689. The second kappa shape index (κ2) is 15.6. The number of para-hydroxylation sites is 1. The van der Waals surface area contributed by atoms with Gasteiger partial charge >= 0.3 is 5.69 Å². The maximum absolute atomic E-state index is 13.5. The van der Waals surface area contributed by atoms with Crippen LogP contribution < -0.4 is 26.0 Å². The quantitative estimate of drug-likeness (QED) is 0.143. The van der Waals surface area contributed by atoms with Gasteiger partial charge in [-0.15, -0.1) is 0 Å². The SMILES string of the molecule is [C-]#[N+]c1cncc(C(=O)Nc2cc3cn(C4CCC(CN5CCC6(CC5)CCN(c5cccc7c5n(C)c(=O)n7C5CCC(=O)NC5=O)CC6)CC4)nc3cc2OC)c1. The average molecular weight is 799 g/mol. The number of aryl methyl sites for hydroxylation is 1. The molecule has 6 heterocycles. The van der Waals surface area contributed by atoms with Gasteiger partial charge in [0, 0.05) is 68.7 Å². The number of carbonyl (C=O) groups is 3. The number of hydrogen-bond donors (Lipinski definition) is 2. The highest BCUT2D eigenvalue weighted by Gasteiger charge is 2.39. The fourth-order valence-corrected chi connectivity index (χ4v) is 10.1. The molecular formula is C44H50N10O5. The van der Waals surface area contributed by atoms with E-state index < -0.39 is 11.9 Å². The molecule has 3 amide bonds. The highest BCUT2D eigenvalue weighted by molar-refractivity contribution is 6.06. The van der Waals surface area contributed by atoms with Crippen molar-refractivity contribution < 1.29 is 19.1 Å². The molecule has 2 aromatic carbocycles. The Morgan fingerprint density at radius 3 is 2.49 bits per heavy atom. The zero-order valence-corrected chi connectivity index (χ0v) is 33.7. The van der Waals surface area contributed by atoms with Crippen LogP contribution in [-0.2, 0) is 16.6 Å². The molecule has 4 aliphatic rings. The summed E-state index contributed by atoms with van der Waals surface area (Å²) in [6, 6.07) is 10.9. The van der Waals surface area contributed by atoms with Gasteiger partial charge < -0.3 is 19.9 Å². The van der Waals surface area contributed by atoms with Crippen LogP contribution in [0, 0.1) is 17.9 Å². The number of benzene rings is 2. The van der Waals surface area contributed by atoms with Gasteiger partial charge in [0.25, 0.3) is 5.91 Å². The van der Waals surface area contributed by atoms with Crippen molar-refractivity contribution in [2.24, 2.45) is 18.4 Å². The van der Waals surface area contributed by atoms with Crippen molar-refractivity contribution in [3.63, 3.8) is 0 Å². The zero-order chi connectivity index (χ0) is 40.8. The first-order valence-electron chi connectivity index (χ1n) is 20.8. The average Bonchev–Trinajstić information content (AvgIpc) is 3.79. The molecule has 1 atom stereocenters. The summed E-state index contributed by atoms with van der Waals surface area (Å²) >= 11 is 0. The van der Waals surface area contributed by atoms with E-state index in [-0.39, 0.29) is 23.9 Å². The summed E-state index contributed by atoms with van der Waals surface area (Å²) in [6.45, 7) is 12.5. The Labute approximate surface area is 342 Å². The van der Waals surface area contributed by atoms with E-state index in [0.717, 1.165) is 86.0 Å². The maximum atomic E-state index is 13.5.